The lowest BCUT2D eigenvalue weighted by Crippen LogP contribution is -2.08. The summed E-state index contributed by atoms with van der Waals surface area (Å²) in [4.78, 5) is 12.3. The van der Waals surface area contributed by atoms with Crippen LogP contribution in [0.3, 0.4) is 0 Å². The van der Waals surface area contributed by atoms with Crippen LogP contribution in [0.2, 0.25) is 5.02 Å². The fourth-order valence-corrected chi connectivity index (χ4v) is 2.40. The molecule has 0 heterocycles. The van der Waals surface area contributed by atoms with Gasteiger partial charge in [0.15, 0.2) is 0 Å². The topological polar surface area (TPSA) is 35.5 Å². The predicted octanol–water partition coefficient (Wildman–Crippen LogP) is 5.23. The number of esters is 1. The van der Waals surface area contributed by atoms with Crippen LogP contribution >= 0.6 is 11.6 Å². The van der Waals surface area contributed by atoms with Gasteiger partial charge in [-0.2, -0.15) is 0 Å². The van der Waals surface area contributed by atoms with Crippen LogP contribution in [-0.4, -0.2) is 13.1 Å². The monoisotopic (exact) mass is 338 g/mol. The molecule has 0 atom stereocenters. The van der Waals surface area contributed by atoms with E-state index in [1.54, 1.807) is 43.5 Å². The molecule has 3 aromatic carbocycles. The maximum absolute atomic E-state index is 12.3. The van der Waals surface area contributed by atoms with E-state index < -0.39 is 5.97 Å². The van der Waals surface area contributed by atoms with E-state index in [9.17, 15) is 4.79 Å². The van der Waals surface area contributed by atoms with Crippen LogP contribution < -0.4 is 9.47 Å². The molecule has 0 aliphatic carbocycles. The number of halogens is 1. The number of carbonyl (C=O) groups is 1. The molecule has 0 saturated carbocycles. The largest absolute Gasteiger partial charge is 0.497 e. The van der Waals surface area contributed by atoms with E-state index in [1.807, 2.05) is 36.4 Å². The van der Waals surface area contributed by atoms with Crippen molar-refractivity contribution in [2.45, 2.75) is 0 Å². The number of carbonyl (C=O) groups excluding carboxylic acids is 1. The van der Waals surface area contributed by atoms with Gasteiger partial charge in [-0.1, -0.05) is 35.9 Å². The lowest BCUT2D eigenvalue weighted by Gasteiger charge is -2.07. The molecular weight excluding hydrogens is 324 g/mol. The zero-order chi connectivity index (χ0) is 16.9. The second kappa shape index (κ2) is 7.20. The highest BCUT2D eigenvalue weighted by molar-refractivity contribution is 6.30. The van der Waals surface area contributed by atoms with Crippen molar-refractivity contribution >= 4 is 17.6 Å². The van der Waals surface area contributed by atoms with Gasteiger partial charge in [-0.25, -0.2) is 4.79 Å². The highest BCUT2D eigenvalue weighted by Gasteiger charge is 2.10. The van der Waals surface area contributed by atoms with Crippen LogP contribution in [0.5, 0.6) is 11.5 Å². The Balaban J connectivity index is 1.81. The van der Waals surface area contributed by atoms with Gasteiger partial charge in [0, 0.05) is 5.02 Å². The molecule has 0 saturated heterocycles. The van der Waals surface area contributed by atoms with E-state index in [0.717, 1.165) is 16.9 Å². The van der Waals surface area contributed by atoms with Gasteiger partial charge in [-0.05, 0) is 59.7 Å². The zero-order valence-corrected chi connectivity index (χ0v) is 13.8. The standard InChI is InChI=1S/C20H15ClO3/c1-23-18-9-5-14(6-10-18)15-3-2-4-16(13-15)20(22)24-19-11-7-17(21)8-12-19/h2-13H,1H3. The number of hydrogen-bond donors (Lipinski definition) is 0. The Labute approximate surface area is 145 Å². The molecule has 3 aromatic rings. The fraction of sp³-hybridized carbons (Fsp3) is 0.0500. The first-order chi connectivity index (χ1) is 11.7. The summed E-state index contributed by atoms with van der Waals surface area (Å²) in [5, 5.41) is 0.594. The fourth-order valence-electron chi connectivity index (χ4n) is 2.28. The Morgan fingerprint density at radius 3 is 2.17 bits per heavy atom. The van der Waals surface area contributed by atoms with Gasteiger partial charge in [-0.15, -0.1) is 0 Å². The third-order valence-corrected chi connectivity index (χ3v) is 3.80. The molecule has 0 N–H and O–H groups in total. The normalized spacial score (nSPS) is 10.2. The molecule has 0 radical (unpaired) electrons. The van der Waals surface area contributed by atoms with Gasteiger partial charge in [-0.3, -0.25) is 0 Å². The highest BCUT2D eigenvalue weighted by Crippen LogP contribution is 2.24. The highest BCUT2D eigenvalue weighted by atomic mass is 35.5. The second-order valence-corrected chi connectivity index (χ2v) is 5.59. The SMILES string of the molecule is COc1ccc(-c2cccc(C(=O)Oc3ccc(Cl)cc3)c2)cc1. The molecule has 3 nitrogen and oxygen atoms in total. The van der Waals surface area contributed by atoms with Crippen LogP contribution in [0.1, 0.15) is 10.4 Å². The van der Waals surface area contributed by atoms with Crippen LogP contribution in [0.25, 0.3) is 11.1 Å². The third-order valence-electron chi connectivity index (χ3n) is 3.55. The van der Waals surface area contributed by atoms with Crippen LogP contribution in [0, 0.1) is 0 Å². The van der Waals surface area contributed by atoms with E-state index >= 15 is 0 Å². The third kappa shape index (κ3) is 3.76. The molecule has 120 valence electrons. The van der Waals surface area contributed by atoms with Crippen molar-refractivity contribution < 1.29 is 14.3 Å². The van der Waals surface area contributed by atoms with Crippen molar-refractivity contribution in [2.75, 3.05) is 7.11 Å². The van der Waals surface area contributed by atoms with Gasteiger partial charge in [0.05, 0.1) is 12.7 Å². The summed E-state index contributed by atoms with van der Waals surface area (Å²) in [7, 11) is 1.63. The molecule has 0 aliphatic heterocycles. The van der Waals surface area contributed by atoms with Crippen molar-refractivity contribution in [3.63, 3.8) is 0 Å². The number of rotatable bonds is 4. The Morgan fingerprint density at radius 2 is 1.50 bits per heavy atom. The van der Waals surface area contributed by atoms with E-state index in [0.29, 0.717) is 16.3 Å². The number of benzene rings is 3. The molecular formula is C20H15ClO3. The Bertz CT molecular complexity index is 840. The summed E-state index contributed by atoms with van der Waals surface area (Å²) in [6.45, 7) is 0. The van der Waals surface area contributed by atoms with E-state index in [4.69, 9.17) is 21.1 Å². The number of ether oxygens (including phenoxy) is 2. The minimum Gasteiger partial charge on any atom is -0.497 e. The molecule has 0 aromatic heterocycles. The first-order valence-corrected chi connectivity index (χ1v) is 7.76. The van der Waals surface area contributed by atoms with Crippen LogP contribution in [0.15, 0.2) is 72.8 Å². The number of methoxy groups -OCH3 is 1. The second-order valence-electron chi connectivity index (χ2n) is 5.15. The molecule has 0 fully saturated rings. The van der Waals surface area contributed by atoms with Crippen LogP contribution in [0.4, 0.5) is 0 Å². The molecule has 0 amide bonds. The molecule has 24 heavy (non-hydrogen) atoms. The van der Waals surface area contributed by atoms with Gasteiger partial charge in [0.1, 0.15) is 11.5 Å². The van der Waals surface area contributed by atoms with E-state index in [-0.39, 0.29) is 0 Å². The molecule has 0 bridgehead atoms. The van der Waals surface area contributed by atoms with Crippen molar-refractivity contribution in [1.29, 1.82) is 0 Å². The summed E-state index contributed by atoms with van der Waals surface area (Å²) in [6.07, 6.45) is 0. The maximum Gasteiger partial charge on any atom is 0.343 e. The van der Waals surface area contributed by atoms with E-state index in [2.05, 4.69) is 0 Å². The van der Waals surface area contributed by atoms with Crippen LogP contribution in [-0.2, 0) is 0 Å². The Morgan fingerprint density at radius 1 is 0.833 bits per heavy atom. The smallest absolute Gasteiger partial charge is 0.343 e. The van der Waals surface area contributed by atoms with E-state index in [1.165, 1.54) is 0 Å². The summed E-state index contributed by atoms with van der Waals surface area (Å²) in [5.74, 6) is 0.837. The molecule has 0 aliphatic rings. The average molecular weight is 339 g/mol. The van der Waals surface area contributed by atoms with Gasteiger partial charge < -0.3 is 9.47 Å². The molecule has 4 heteroatoms. The molecule has 3 rings (SSSR count). The lowest BCUT2D eigenvalue weighted by atomic mass is 10.0. The van der Waals surface area contributed by atoms with Crippen molar-refractivity contribution in [2.24, 2.45) is 0 Å². The first-order valence-electron chi connectivity index (χ1n) is 7.38. The minimum absolute atomic E-state index is 0.410. The number of hydrogen-bond acceptors (Lipinski definition) is 3. The van der Waals surface area contributed by atoms with Crippen molar-refractivity contribution in [3.05, 3.63) is 83.4 Å². The summed E-state index contributed by atoms with van der Waals surface area (Å²) in [6, 6.07) is 21.6. The lowest BCUT2D eigenvalue weighted by molar-refractivity contribution is 0.0735. The van der Waals surface area contributed by atoms with Crippen molar-refractivity contribution in [3.8, 4) is 22.6 Å². The van der Waals surface area contributed by atoms with Gasteiger partial charge in [0.25, 0.3) is 0 Å². The van der Waals surface area contributed by atoms with Crippen molar-refractivity contribution in [1.82, 2.24) is 0 Å². The Kier molecular flexibility index (Phi) is 4.82. The summed E-state index contributed by atoms with van der Waals surface area (Å²) in [5.41, 5.74) is 2.42. The zero-order valence-electron chi connectivity index (χ0n) is 13.0. The summed E-state index contributed by atoms with van der Waals surface area (Å²) >= 11 is 5.83. The maximum atomic E-state index is 12.3. The first kappa shape index (κ1) is 16.1. The predicted molar refractivity (Wildman–Crippen MR) is 94.8 cm³/mol. The molecule has 0 unspecified atom stereocenters. The minimum atomic E-state index is -0.410. The molecule has 0 spiro atoms. The average Bonchev–Trinajstić information content (AvgIpc) is 2.64. The quantitative estimate of drug-likeness (QED) is 0.482. The Hall–Kier alpha value is -2.78. The van der Waals surface area contributed by atoms with Gasteiger partial charge >= 0.3 is 5.97 Å². The summed E-state index contributed by atoms with van der Waals surface area (Å²) < 4.78 is 10.5. The van der Waals surface area contributed by atoms with Gasteiger partial charge in [0.2, 0.25) is 0 Å².